The molecule has 2 rings (SSSR count). The molecule has 1 aromatic carbocycles. The van der Waals surface area contributed by atoms with E-state index >= 15 is 0 Å². The van der Waals surface area contributed by atoms with Crippen LogP contribution in [0, 0.1) is 3.57 Å². The maximum atomic E-state index is 8.73. The van der Waals surface area contributed by atoms with Crippen molar-refractivity contribution in [2.24, 2.45) is 0 Å². The number of rotatable bonds is 3. The van der Waals surface area contributed by atoms with Crippen LogP contribution >= 0.6 is 22.6 Å². The van der Waals surface area contributed by atoms with E-state index in [-0.39, 0.29) is 6.61 Å². The highest BCUT2D eigenvalue weighted by atomic mass is 127. The third-order valence-corrected chi connectivity index (χ3v) is 2.50. The number of hydrogen-bond acceptors (Lipinski definition) is 4. The average Bonchev–Trinajstić information content (AvgIpc) is 2.67. The van der Waals surface area contributed by atoms with Gasteiger partial charge in [-0.05, 0) is 46.0 Å². The fraction of sp³-hybridized carbons (Fsp3) is 0.222. The Kier molecular flexibility index (Phi) is 3.27. The van der Waals surface area contributed by atoms with E-state index in [2.05, 4.69) is 38.0 Å². The van der Waals surface area contributed by atoms with Crippen LogP contribution in [0.5, 0.6) is 0 Å². The van der Waals surface area contributed by atoms with Crippen LogP contribution in [0.25, 0.3) is 5.69 Å². The van der Waals surface area contributed by atoms with Gasteiger partial charge in [0.2, 0.25) is 0 Å². The summed E-state index contributed by atoms with van der Waals surface area (Å²) in [6.45, 7) is 0.0397. The third kappa shape index (κ3) is 2.51. The number of aliphatic hydroxyl groups is 1. The Bertz CT molecular complexity index is 457. The van der Waals surface area contributed by atoms with Gasteiger partial charge >= 0.3 is 0 Å². The first-order chi connectivity index (χ1) is 7.29. The zero-order valence-corrected chi connectivity index (χ0v) is 10.00. The molecule has 0 aliphatic rings. The number of hydrogen-bond donors (Lipinski definition) is 1. The van der Waals surface area contributed by atoms with Crippen molar-refractivity contribution < 1.29 is 5.11 Å². The van der Waals surface area contributed by atoms with Crippen LogP contribution in [0.2, 0.25) is 0 Å². The molecule has 0 saturated heterocycles. The Labute approximate surface area is 100 Å². The summed E-state index contributed by atoms with van der Waals surface area (Å²) in [7, 11) is 0. The predicted octanol–water partition coefficient (Wildman–Crippen LogP) is 0.802. The minimum Gasteiger partial charge on any atom is -0.396 e. The molecular weight excluding hydrogens is 307 g/mol. The smallest absolute Gasteiger partial charge is 0.177 e. The van der Waals surface area contributed by atoms with Gasteiger partial charge in [-0.3, -0.25) is 0 Å². The Morgan fingerprint density at radius 1 is 1.40 bits per heavy atom. The lowest BCUT2D eigenvalue weighted by Crippen LogP contribution is -2.00. The summed E-state index contributed by atoms with van der Waals surface area (Å²) in [5, 5.41) is 20.6. The van der Waals surface area contributed by atoms with Gasteiger partial charge in [0.05, 0.1) is 12.3 Å². The molecule has 1 N–H and O–H groups in total. The fourth-order valence-corrected chi connectivity index (χ4v) is 1.68. The Hall–Kier alpha value is -1.02. The zero-order chi connectivity index (χ0) is 10.7. The first kappa shape index (κ1) is 10.5. The minimum atomic E-state index is 0.0397. The average molecular weight is 316 g/mol. The normalized spacial score (nSPS) is 10.5. The lowest BCUT2D eigenvalue weighted by atomic mass is 10.3. The molecular formula is C9H9IN4O. The van der Waals surface area contributed by atoms with Crippen LogP contribution in [0.1, 0.15) is 5.82 Å². The number of nitrogens with zero attached hydrogens (tertiary/aromatic N) is 4. The van der Waals surface area contributed by atoms with Crippen molar-refractivity contribution in [1.82, 2.24) is 20.2 Å². The zero-order valence-electron chi connectivity index (χ0n) is 7.84. The molecule has 0 fully saturated rings. The van der Waals surface area contributed by atoms with Gasteiger partial charge in [-0.15, -0.1) is 15.0 Å². The third-order valence-electron chi connectivity index (χ3n) is 1.83. The second-order valence-electron chi connectivity index (χ2n) is 2.95. The molecule has 0 aliphatic heterocycles. The van der Waals surface area contributed by atoms with E-state index < -0.39 is 0 Å². The lowest BCUT2D eigenvalue weighted by Gasteiger charge is -1.97. The molecule has 0 bridgehead atoms. The standard InChI is InChI=1S/C9H9IN4O/c10-7-2-1-3-8(6-7)14-12-9(4-5-15)11-13-14/h1-3,6,15H,4-5H2. The Morgan fingerprint density at radius 2 is 2.27 bits per heavy atom. The first-order valence-electron chi connectivity index (χ1n) is 4.45. The largest absolute Gasteiger partial charge is 0.396 e. The van der Waals surface area contributed by atoms with Crippen LogP contribution < -0.4 is 0 Å². The maximum Gasteiger partial charge on any atom is 0.177 e. The number of halogens is 1. The Balaban J connectivity index is 2.29. The van der Waals surface area contributed by atoms with Gasteiger partial charge in [0.15, 0.2) is 5.82 Å². The SMILES string of the molecule is OCCc1nnn(-c2cccc(I)c2)n1. The molecule has 15 heavy (non-hydrogen) atoms. The van der Waals surface area contributed by atoms with Crippen molar-refractivity contribution in [2.45, 2.75) is 6.42 Å². The van der Waals surface area contributed by atoms with Crippen molar-refractivity contribution in [3.05, 3.63) is 33.7 Å². The number of aromatic nitrogens is 4. The molecule has 78 valence electrons. The number of benzene rings is 1. The Morgan fingerprint density at radius 3 is 3.00 bits per heavy atom. The van der Waals surface area contributed by atoms with E-state index in [1.54, 1.807) is 0 Å². The summed E-state index contributed by atoms with van der Waals surface area (Å²) >= 11 is 2.23. The summed E-state index contributed by atoms with van der Waals surface area (Å²) in [6, 6.07) is 7.80. The molecule has 0 radical (unpaired) electrons. The van der Waals surface area contributed by atoms with Crippen LogP contribution in [-0.4, -0.2) is 31.9 Å². The van der Waals surface area contributed by atoms with Gasteiger partial charge in [-0.2, -0.15) is 0 Å². The van der Waals surface area contributed by atoms with Crippen LogP contribution in [-0.2, 0) is 6.42 Å². The highest BCUT2D eigenvalue weighted by Gasteiger charge is 2.03. The summed E-state index contributed by atoms with van der Waals surface area (Å²) in [6.07, 6.45) is 0.434. The summed E-state index contributed by atoms with van der Waals surface area (Å²) < 4.78 is 1.12. The number of tetrazole rings is 1. The minimum absolute atomic E-state index is 0.0397. The summed E-state index contributed by atoms with van der Waals surface area (Å²) in [5.41, 5.74) is 0.874. The van der Waals surface area contributed by atoms with Crippen molar-refractivity contribution in [3.8, 4) is 5.69 Å². The fourth-order valence-electron chi connectivity index (χ4n) is 1.15. The van der Waals surface area contributed by atoms with Gasteiger partial charge in [-0.25, -0.2) is 0 Å². The van der Waals surface area contributed by atoms with E-state index in [1.807, 2.05) is 24.3 Å². The van der Waals surface area contributed by atoms with Crippen molar-refractivity contribution in [2.75, 3.05) is 6.61 Å². The second-order valence-corrected chi connectivity index (χ2v) is 4.19. The quantitative estimate of drug-likeness (QED) is 0.851. The topological polar surface area (TPSA) is 63.8 Å². The highest BCUT2D eigenvalue weighted by molar-refractivity contribution is 14.1. The molecule has 0 amide bonds. The van der Waals surface area contributed by atoms with Crippen LogP contribution in [0.4, 0.5) is 0 Å². The molecule has 0 saturated carbocycles. The lowest BCUT2D eigenvalue weighted by molar-refractivity contribution is 0.296. The molecule has 0 aliphatic carbocycles. The molecule has 1 aromatic heterocycles. The summed E-state index contributed by atoms with van der Waals surface area (Å²) in [4.78, 5) is 1.47. The summed E-state index contributed by atoms with van der Waals surface area (Å²) in [5.74, 6) is 0.552. The molecule has 1 heterocycles. The van der Waals surface area contributed by atoms with E-state index in [1.165, 1.54) is 4.80 Å². The second kappa shape index (κ2) is 4.67. The van der Waals surface area contributed by atoms with Gasteiger partial charge in [0.1, 0.15) is 0 Å². The van der Waals surface area contributed by atoms with Crippen molar-refractivity contribution in [1.29, 1.82) is 0 Å². The van der Waals surface area contributed by atoms with Gasteiger partial charge in [0, 0.05) is 9.99 Å². The van der Waals surface area contributed by atoms with Gasteiger partial charge in [-0.1, -0.05) is 6.07 Å². The molecule has 5 nitrogen and oxygen atoms in total. The van der Waals surface area contributed by atoms with E-state index in [9.17, 15) is 0 Å². The molecule has 0 atom stereocenters. The molecule has 0 unspecified atom stereocenters. The first-order valence-corrected chi connectivity index (χ1v) is 5.53. The molecule has 0 spiro atoms. The van der Waals surface area contributed by atoms with Gasteiger partial charge in [0.25, 0.3) is 0 Å². The molecule has 2 aromatic rings. The van der Waals surface area contributed by atoms with E-state index in [0.717, 1.165) is 9.26 Å². The predicted molar refractivity (Wildman–Crippen MR) is 62.7 cm³/mol. The van der Waals surface area contributed by atoms with E-state index in [0.29, 0.717) is 12.2 Å². The maximum absolute atomic E-state index is 8.73. The van der Waals surface area contributed by atoms with Crippen LogP contribution in [0.3, 0.4) is 0 Å². The highest BCUT2D eigenvalue weighted by Crippen LogP contribution is 2.10. The van der Waals surface area contributed by atoms with Crippen LogP contribution in [0.15, 0.2) is 24.3 Å². The monoisotopic (exact) mass is 316 g/mol. The van der Waals surface area contributed by atoms with Crippen molar-refractivity contribution in [3.63, 3.8) is 0 Å². The van der Waals surface area contributed by atoms with E-state index in [4.69, 9.17) is 5.11 Å². The molecule has 6 heteroatoms. The van der Waals surface area contributed by atoms with Crippen molar-refractivity contribution >= 4 is 22.6 Å². The van der Waals surface area contributed by atoms with Gasteiger partial charge < -0.3 is 5.11 Å². The number of aliphatic hydroxyl groups excluding tert-OH is 1.